The Kier molecular flexibility index (Phi) is 3.46. The van der Waals surface area contributed by atoms with Gasteiger partial charge in [-0.1, -0.05) is 30.3 Å². The van der Waals surface area contributed by atoms with E-state index in [4.69, 9.17) is 0 Å². The fourth-order valence-corrected chi connectivity index (χ4v) is 3.35. The normalized spacial score (nSPS) is 21.2. The Labute approximate surface area is 134 Å². The van der Waals surface area contributed by atoms with E-state index >= 15 is 0 Å². The van der Waals surface area contributed by atoms with Crippen molar-refractivity contribution < 1.29 is 5.11 Å². The van der Waals surface area contributed by atoms with Crippen molar-refractivity contribution in [3.63, 3.8) is 0 Å². The first-order chi connectivity index (χ1) is 11.3. The number of aliphatic hydroxyl groups is 1. The molecule has 1 fully saturated rings. The van der Waals surface area contributed by atoms with Gasteiger partial charge in [-0.2, -0.15) is 0 Å². The van der Waals surface area contributed by atoms with Crippen molar-refractivity contribution in [2.45, 2.75) is 32.0 Å². The summed E-state index contributed by atoms with van der Waals surface area (Å²) in [7, 11) is 0. The zero-order valence-electron chi connectivity index (χ0n) is 13.0. The zero-order chi connectivity index (χ0) is 15.8. The van der Waals surface area contributed by atoms with Crippen molar-refractivity contribution in [1.82, 2.24) is 19.5 Å². The summed E-state index contributed by atoms with van der Waals surface area (Å²) in [5.41, 5.74) is 2.82. The van der Waals surface area contributed by atoms with Crippen LogP contribution in [0.2, 0.25) is 0 Å². The number of aryl methyl sites for hydroxylation is 1. The van der Waals surface area contributed by atoms with Gasteiger partial charge in [0.1, 0.15) is 6.33 Å². The van der Waals surface area contributed by atoms with E-state index in [2.05, 4.69) is 38.9 Å². The lowest BCUT2D eigenvalue weighted by molar-refractivity contribution is 0.194. The average molecular weight is 309 g/mol. The van der Waals surface area contributed by atoms with E-state index in [0.29, 0.717) is 13.0 Å². The van der Waals surface area contributed by atoms with E-state index in [1.165, 1.54) is 5.56 Å². The molecule has 6 heteroatoms. The number of rotatable bonds is 3. The van der Waals surface area contributed by atoms with Gasteiger partial charge in [0.25, 0.3) is 0 Å². The molecule has 4 rings (SSSR count). The number of aliphatic hydroxyl groups excluding tert-OH is 1. The number of anilines is 1. The van der Waals surface area contributed by atoms with E-state index in [1.54, 1.807) is 12.7 Å². The van der Waals surface area contributed by atoms with Crippen LogP contribution in [0.5, 0.6) is 0 Å². The molecule has 1 aliphatic heterocycles. The third-order valence-corrected chi connectivity index (χ3v) is 4.46. The molecular weight excluding hydrogens is 290 g/mol. The molecule has 0 unspecified atom stereocenters. The third kappa shape index (κ3) is 2.35. The number of β-amino-alcohol motifs (C(OH)–C–C–N with tert-alkyl or cyclic N) is 1. The molecule has 6 nitrogen and oxygen atoms in total. The van der Waals surface area contributed by atoms with E-state index in [-0.39, 0.29) is 12.1 Å². The predicted octanol–water partition coefficient (Wildman–Crippen LogP) is 2.16. The van der Waals surface area contributed by atoms with E-state index in [1.807, 2.05) is 22.8 Å². The Morgan fingerprint density at radius 2 is 2.00 bits per heavy atom. The van der Waals surface area contributed by atoms with Gasteiger partial charge >= 0.3 is 0 Å². The van der Waals surface area contributed by atoms with Crippen LogP contribution in [0.1, 0.15) is 24.9 Å². The number of fused-ring (bicyclic) bond motifs is 1. The van der Waals surface area contributed by atoms with Gasteiger partial charge in [0.2, 0.25) is 0 Å². The summed E-state index contributed by atoms with van der Waals surface area (Å²) < 4.78 is 2.00. The van der Waals surface area contributed by atoms with E-state index in [0.717, 1.165) is 23.5 Å². The van der Waals surface area contributed by atoms with Crippen LogP contribution in [-0.2, 0) is 6.54 Å². The first kappa shape index (κ1) is 14.1. The van der Waals surface area contributed by atoms with Crippen molar-refractivity contribution in [2.24, 2.45) is 0 Å². The highest BCUT2D eigenvalue weighted by atomic mass is 16.3. The second-order valence-corrected chi connectivity index (χ2v) is 5.87. The Morgan fingerprint density at radius 3 is 2.78 bits per heavy atom. The molecule has 1 saturated heterocycles. The number of benzene rings is 1. The largest absolute Gasteiger partial charge is 0.391 e. The van der Waals surface area contributed by atoms with Gasteiger partial charge in [-0.15, -0.1) is 0 Å². The molecule has 0 amide bonds. The van der Waals surface area contributed by atoms with Crippen LogP contribution in [0.4, 0.5) is 5.82 Å². The molecule has 1 aliphatic rings. The second-order valence-electron chi connectivity index (χ2n) is 5.87. The van der Waals surface area contributed by atoms with Crippen LogP contribution < -0.4 is 4.90 Å². The topological polar surface area (TPSA) is 67.1 Å². The molecule has 0 radical (unpaired) electrons. The molecule has 0 saturated carbocycles. The smallest absolute Gasteiger partial charge is 0.165 e. The molecule has 0 spiro atoms. The standard InChI is InChI=1S/C17H19N5O/c1-2-21-11-20-15-16(21)18-10-19-17(15)22-9-13(23)8-14(22)12-6-4-3-5-7-12/h3-7,10-11,13-14,23H,2,8-9H2,1H3/t13-,14+/m1/s1. The summed E-state index contributed by atoms with van der Waals surface area (Å²) in [5, 5.41) is 10.2. The Balaban J connectivity index is 1.81. The lowest BCUT2D eigenvalue weighted by Gasteiger charge is -2.25. The second kappa shape index (κ2) is 5.62. The van der Waals surface area contributed by atoms with E-state index in [9.17, 15) is 5.11 Å². The molecule has 2 aromatic heterocycles. The third-order valence-electron chi connectivity index (χ3n) is 4.46. The molecule has 0 bridgehead atoms. The van der Waals surface area contributed by atoms with Gasteiger partial charge < -0.3 is 14.6 Å². The summed E-state index contributed by atoms with van der Waals surface area (Å²) in [4.78, 5) is 15.5. The van der Waals surface area contributed by atoms with E-state index < -0.39 is 0 Å². The fraction of sp³-hybridized carbons (Fsp3) is 0.353. The zero-order valence-corrected chi connectivity index (χ0v) is 13.0. The van der Waals surface area contributed by atoms with Crippen molar-refractivity contribution >= 4 is 17.0 Å². The highest BCUT2D eigenvalue weighted by Crippen LogP contribution is 2.37. The average Bonchev–Trinajstić information content (AvgIpc) is 3.18. The van der Waals surface area contributed by atoms with Gasteiger partial charge in [0, 0.05) is 13.1 Å². The van der Waals surface area contributed by atoms with Crippen LogP contribution in [0, 0.1) is 0 Å². The first-order valence-electron chi connectivity index (χ1n) is 7.93. The van der Waals surface area contributed by atoms with Gasteiger partial charge in [0.15, 0.2) is 17.0 Å². The quantitative estimate of drug-likeness (QED) is 0.803. The maximum atomic E-state index is 10.2. The Bertz CT molecular complexity index is 816. The number of aromatic nitrogens is 4. The minimum atomic E-state index is -0.363. The summed E-state index contributed by atoms with van der Waals surface area (Å²) in [5.74, 6) is 0.799. The molecule has 1 aromatic carbocycles. The summed E-state index contributed by atoms with van der Waals surface area (Å²) in [6.07, 6.45) is 3.72. The predicted molar refractivity (Wildman–Crippen MR) is 88.1 cm³/mol. The van der Waals surface area contributed by atoms with Gasteiger partial charge in [-0.3, -0.25) is 0 Å². The van der Waals surface area contributed by atoms with Gasteiger partial charge in [-0.05, 0) is 18.9 Å². The Morgan fingerprint density at radius 1 is 1.17 bits per heavy atom. The fourth-order valence-electron chi connectivity index (χ4n) is 3.35. The van der Waals surface area contributed by atoms with Crippen LogP contribution in [0.25, 0.3) is 11.2 Å². The molecule has 2 atom stereocenters. The summed E-state index contributed by atoms with van der Waals surface area (Å²) >= 11 is 0. The monoisotopic (exact) mass is 309 g/mol. The molecular formula is C17H19N5O. The van der Waals surface area contributed by atoms with Crippen LogP contribution in [-0.4, -0.2) is 37.3 Å². The Hall–Kier alpha value is -2.47. The molecule has 3 aromatic rings. The maximum Gasteiger partial charge on any atom is 0.165 e. The molecule has 3 heterocycles. The van der Waals surface area contributed by atoms with Crippen molar-refractivity contribution in [2.75, 3.05) is 11.4 Å². The molecule has 23 heavy (non-hydrogen) atoms. The number of imidazole rings is 1. The highest BCUT2D eigenvalue weighted by Gasteiger charge is 2.34. The van der Waals surface area contributed by atoms with Crippen LogP contribution >= 0.6 is 0 Å². The van der Waals surface area contributed by atoms with Crippen molar-refractivity contribution in [3.8, 4) is 0 Å². The molecule has 0 aliphatic carbocycles. The SMILES string of the molecule is CCn1cnc2c(N3C[C@H](O)C[C@H]3c3ccccc3)ncnc21. The van der Waals surface area contributed by atoms with Crippen LogP contribution in [0.3, 0.4) is 0 Å². The highest BCUT2D eigenvalue weighted by molar-refractivity contribution is 5.83. The number of hydrogen-bond acceptors (Lipinski definition) is 5. The first-order valence-corrected chi connectivity index (χ1v) is 7.93. The minimum absolute atomic E-state index is 0.107. The van der Waals surface area contributed by atoms with Gasteiger partial charge in [0.05, 0.1) is 18.5 Å². The molecule has 118 valence electrons. The summed E-state index contributed by atoms with van der Waals surface area (Å²) in [6, 6.07) is 10.4. The van der Waals surface area contributed by atoms with Gasteiger partial charge in [-0.25, -0.2) is 15.0 Å². The lowest BCUT2D eigenvalue weighted by atomic mass is 10.0. The minimum Gasteiger partial charge on any atom is -0.391 e. The maximum absolute atomic E-state index is 10.2. The number of hydrogen-bond donors (Lipinski definition) is 1. The van der Waals surface area contributed by atoms with Crippen LogP contribution in [0.15, 0.2) is 43.0 Å². The summed E-state index contributed by atoms with van der Waals surface area (Å²) in [6.45, 7) is 3.44. The van der Waals surface area contributed by atoms with Crippen molar-refractivity contribution in [1.29, 1.82) is 0 Å². The number of nitrogens with zero attached hydrogens (tertiary/aromatic N) is 5. The molecule has 1 N–H and O–H groups in total. The lowest BCUT2D eigenvalue weighted by Crippen LogP contribution is -2.25. The van der Waals surface area contributed by atoms with Crippen molar-refractivity contribution in [3.05, 3.63) is 48.5 Å².